The molecule has 0 fully saturated rings. The SMILES string of the molecule is Cc1nc(Cl)c(C)c(-c2csc(C)c2)n1. The van der Waals surface area contributed by atoms with Crippen LogP contribution in [0.25, 0.3) is 11.3 Å². The van der Waals surface area contributed by atoms with Gasteiger partial charge in [-0.05, 0) is 26.8 Å². The molecular formula is C11H11ClN2S. The Morgan fingerprint density at radius 1 is 1.20 bits per heavy atom. The van der Waals surface area contributed by atoms with Crippen molar-refractivity contribution in [2.24, 2.45) is 0 Å². The minimum Gasteiger partial charge on any atom is -0.233 e. The Kier molecular flexibility index (Phi) is 2.76. The summed E-state index contributed by atoms with van der Waals surface area (Å²) in [6.07, 6.45) is 0. The number of aromatic nitrogens is 2. The molecule has 15 heavy (non-hydrogen) atoms. The van der Waals surface area contributed by atoms with E-state index < -0.39 is 0 Å². The summed E-state index contributed by atoms with van der Waals surface area (Å²) in [7, 11) is 0. The molecule has 2 aromatic rings. The van der Waals surface area contributed by atoms with Crippen molar-refractivity contribution < 1.29 is 0 Å². The predicted octanol–water partition coefficient (Wildman–Crippen LogP) is 3.78. The van der Waals surface area contributed by atoms with Gasteiger partial charge in [-0.3, -0.25) is 0 Å². The highest BCUT2D eigenvalue weighted by Gasteiger charge is 2.10. The molecule has 78 valence electrons. The first-order chi connectivity index (χ1) is 7.08. The molecule has 0 unspecified atom stereocenters. The average Bonchev–Trinajstić information content (AvgIpc) is 2.58. The van der Waals surface area contributed by atoms with Crippen molar-refractivity contribution in [1.82, 2.24) is 9.97 Å². The lowest BCUT2D eigenvalue weighted by atomic mass is 10.1. The van der Waals surface area contributed by atoms with E-state index >= 15 is 0 Å². The third kappa shape index (κ3) is 2.03. The van der Waals surface area contributed by atoms with Gasteiger partial charge in [0.25, 0.3) is 0 Å². The molecule has 0 aliphatic heterocycles. The van der Waals surface area contributed by atoms with E-state index in [9.17, 15) is 0 Å². The van der Waals surface area contributed by atoms with E-state index in [0.29, 0.717) is 11.0 Å². The van der Waals surface area contributed by atoms with Gasteiger partial charge in [0.05, 0.1) is 5.69 Å². The molecule has 0 aliphatic carbocycles. The molecular weight excluding hydrogens is 228 g/mol. The first kappa shape index (κ1) is 10.6. The lowest BCUT2D eigenvalue weighted by Crippen LogP contribution is -1.95. The second-order valence-electron chi connectivity index (χ2n) is 3.48. The fourth-order valence-corrected chi connectivity index (χ4v) is 2.34. The van der Waals surface area contributed by atoms with Crippen LogP contribution in [0.3, 0.4) is 0 Å². The van der Waals surface area contributed by atoms with E-state index in [0.717, 1.165) is 16.8 Å². The van der Waals surface area contributed by atoms with Crippen molar-refractivity contribution in [2.75, 3.05) is 0 Å². The molecule has 0 aromatic carbocycles. The van der Waals surface area contributed by atoms with Crippen LogP contribution in [0.15, 0.2) is 11.4 Å². The van der Waals surface area contributed by atoms with Gasteiger partial charge >= 0.3 is 0 Å². The minimum absolute atomic E-state index is 0.543. The Bertz CT molecular complexity index is 505. The fourth-order valence-electron chi connectivity index (χ4n) is 1.44. The topological polar surface area (TPSA) is 25.8 Å². The summed E-state index contributed by atoms with van der Waals surface area (Å²) in [5.41, 5.74) is 3.01. The number of hydrogen-bond donors (Lipinski definition) is 0. The molecule has 2 heterocycles. The normalized spacial score (nSPS) is 10.7. The van der Waals surface area contributed by atoms with Crippen LogP contribution in [-0.4, -0.2) is 9.97 Å². The number of aryl methyl sites for hydroxylation is 2. The molecule has 0 saturated carbocycles. The zero-order chi connectivity index (χ0) is 11.0. The predicted molar refractivity (Wildman–Crippen MR) is 64.6 cm³/mol. The van der Waals surface area contributed by atoms with Crippen LogP contribution in [0.2, 0.25) is 5.15 Å². The number of rotatable bonds is 1. The Labute approximate surface area is 98.0 Å². The summed E-state index contributed by atoms with van der Waals surface area (Å²) in [5.74, 6) is 0.712. The molecule has 0 amide bonds. The molecule has 2 nitrogen and oxygen atoms in total. The highest BCUT2D eigenvalue weighted by molar-refractivity contribution is 7.10. The summed E-state index contributed by atoms with van der Waals surface area (Å²) in [4.78, 5) is 9.83. The molecule has 0 spiro atoms. The lowest BCUT2D eigenvalue weighted by molar-refractivity contribution is 1.04. The van der Waals surface area contributed by atoms with Gasteiger partial charge in [0.15, 0.2) is 0 Å². The standard InChI is InChI=1S/C11H11ClN2S/c1-6-4-9(5-15-6)10-7(2)11(12)14-8(3)13-10/h4-5H,1-3H3. The zero-order valence-corrected chi connectivity index (χ0v) is 10.4. The lowest BCUT2D eigenvalue weighted by Gasteiger charge is -2.05. The maximum absolute atomic E-state index is 6.03. The van der Waals surface area contributed by atoms with Crippen LogP contribution < -0.4 is 0 Å². The van der Waals surface area contributed by atoms with Gasteiger partial charge in [-0.1, -0.05) is 11.6 Å². The van der Waals surface area contributed by atoms with Gasteiger partial charge in [-0.25, -0.2) is 9.97 Å². The Balaban J connectivity index is 2.62. The number of nitrogens with zero attached hydrogens (tertiary/aromatic N) is 2. The summed E-state index contributed by atoms with van der Waals surface area (Å²) < 4.78 is 0. The fraction of sp³-hybridized carbons (Fsp3) is 0.273. The van der Waals surface area contributed by atoms with Crippen LogP contribution in [0.1, 0.15) is 16.3 Å². The number of hydrogen-bond acceptors (Lipinski definition) is 3. The summed E-state index contributed by atoms with van der Waals surface area (Å²) in [6.45, 7) is 5.89. The van der Waals surface area contributed by atoms with E-state index in [1.54, 1.807) is 11.3 Å². The zero-order valence-electron chi connectivity index (χ0n) is 8.84. The van der Waals surface area contributed by atoms with E-state index in [-0.39, 0.29) is 0 Å². The summed E-state index contributed by atoms with van der Waals surface area (Å²) in [5, 5.41) is 2.64. The van der Waals surface area contributed by atoms with Gasteiger partial charge in [0.1, 0.15) is 11.0 Å². The Morgan fingerprint density at radius 3 is 2.53 bits per heavy atom. The molecule has 4 heteroatoms. The van der Waals surface area contributed by atoms with Crippen molar-refractivity contribution in [3.63, 3.8) is 0 Å². The van der Waals surface area contributed by atoms with Gasteiger partial charge in [-0.15, -0.1) is 11.3 Å². The molecule has 0 saturated heterocycles. The maximum atomic E-state index is 6.03. The molecule has 0 N–H and O–H groups in total. The second kappa shape index (κ2) is 3.91. The van der Waals surface area contributed by atoms with Crippen LogP contribution >= 0.6 is 22.9 Å². The Hall–Kier alpha value is -0.930. The van der Waals surface area contributed by atoms with Crippen molar-refractivity contribution in [3.05, 3.63) is 32.9 Å². The smallest absolute Gasteiger partial charge is 0.136 e. The first-order valence-corrected chi connectivity index (χ1v) is 5.90. The highest BCUT2D eigenvalue weighted by Crippen LogP contribution is 2.28. The third-order valence-corrected chi connectivity index (χ3v) is 3.43. The number of halogens is 1. The van der Waals surface area contributed by atoms with Crippen LogP contribution in [0, 0.1) is 20.8 Å². The van der Waals surface area contributed by atoms with E-state index in [2.05, 4.69) is 28.3 Å². The molecule has 0 bridgehead atoms. The third-order valence-electron chi connectivity index (χ3n) is 2.20. The van der Waals surface area contributed by atoms with Crippen LogP contribution in [0.5, 0.6) is 0 Å². The van der Waals surface area contributed by atoms with Gasteiger partial charge in [0, 0.05) is 21.4 Å². The quantitative estimate of drug-likeness (QED) is 0.707. The van der Waals surface area contributed by atoms with Gasteiger partial charge < -0.3 is 0 Å². The average molecular weight is 239 g/mol. The van der Waals surface area contributed by atoms with Crippen molar-refractivity contribution in [1.29, 1.82) is 0 Å². The number of thiophene rings is 1. The van der Waals surface area contributed by atoms with Gasteiger partial charge in [0.2, 0.25) is 0 Å². The summed E-state index contributed by atoms with van der Waals surface area (Å²) in [6, 6.07) is 2.12. The molecule has 0 radical (unpaired) electrons. The summed E-state index contributed by atoms with van der Waals surface area (Å²) >= 11 is 7.74. The van der Waals surface area contributed by atoms with Crippen LogP contribution in [0.4, 0.5) is 0 Å². The molecule has 2 rings (SSSR count). The second-order valence-corrected chi connectivity index (χ2v) is 4.95. The monoisotopic (exact) mass is 238 g/mol. The van der Waals surface area contributed by atoms with E-state index in [1.807, 2.05) is 13.8 Å². The maximum Gasteiger partial charge on any atom is 0.136 e. The van der Waals surface area contributed by atoms with Crippen molar-refractivity contribution >= 4 is 22.9 Å². The minimum atomic E-state index is 0.543. The van der Waals surface area contributed by atoms with Crippen molar-refractivity contribution in [2.45, 2.75) is 20.8 Å². The largest absolute Gasteiger partial charge is 0.233 e. The first-order valence-electron chi connectivity index (χ1n) is 4.64. The Morgan fingerprint density at radius 2 is 1.93 bits per heavy atom. The van der Waals surface area contributed by atoms with E-state index in [4.69, 9.17) is 11.6 Å². The van der Waals surface area contributed by atoms with Crippen molar-refractivity contribution in [3.8, 4) is 11.3 Å². The van der Waals surface area contributed by atoms with E-state index in [1.165, 1.54) is 4.88 Å². The molecule has 2 aromatic heterocycles. The molecule has 0 aliphatic rings. The molecule has 0 atom stereocenters. The highest BCUT2D eigenvalue weighted by atomic mass is 35.5. The van der Waals surface area contributed by atoms with Crippen LogP contribution in [-0.2, 0) is 0 Å². The van der Waals surface area contributed by atoms with Gasteiger partial charge in [-0.2, -0.15) is 0 Å².